The van der Waals surface area contributed by atoms with Crippen LogP contribution < -0.4 is 20.1 Å². The highest BCUT2D eigenvalue weighted by Crippen LogP contribution is 2.24. The molecular weight excluding hydrogens is 318 g/mol. The molecule has 0 radical (unpaired) electrons. The Morgan fingerprint density at radius 1 is 1.00 bits per heavy atom. The Bertz CT molecular complexity index is 840. The zero-order valence-corrected chi connectivity index (χ0v) is 14.3. The Kier molecular flexibility index (Phi) is 5.09. The molecule has 0 fully saturated rings. The molecule has 0 unspecified atom stereocenters. The fourth-order valence-electron chi connectivity index (χ4n) is 2.64. The summed E-state index contributed by atoms with van der Waals surface area (Å²) >= 11 is 0. The van der Waals surface area contributed by atoms with Crippen LogP contribution in [0.1, 0.15) is 11.3 Å². The van der Waals surface area contributed by atoms with Gasteiger partial charge in [0.15, 0.2) is 0 Å². The number of nitrogens with one attached hydrogen (secondary N) is 3. The molecule has 6 heteroatoms. The van der Waals surface area contributed by atoms with Crippen LogP contribution in [0.2, 0.25) is 0 Å². The Morgan fingerprint density at radius 2 is 1.80 bits per heavy atom. The van der Waals surface area contributed by atoms with E-state index in [2.05, 4.69) is 15.6 Å². The van der Waals surface area contributed by atoms with Crippen molar-refractivity contribution in [2.45, 2.75) is 13.1 Å². The number of carbonyl (C=O) groups is 1. The maximum absolute atomic E-state index is 12.0. The van der Waals surface area contributed by atoms with Crippen LogP contribution in [0.3, 0.4) is 0 Å². The van der Waals surface area contributed by atoms with Gasteiger partial charge >= 0.3 is 6.03 Å². The second-order valence-corrected chi connectivity index (χ2v) is 5.60. The molecule has 0 aliphatic rings. The van der Waals surface area contributed by atoms with Crippen molar-refractivity contribution in [3.05, 3.63) is 59.8 Å². The minimum atomic E-state index is -0.239. The fourth-order valence-corrected chi connectivity index (χ4v) is 2.64. The minimum Gasteiger partial charge on any atom is -0.497 e. The normalized spacial score (nSPS) is 10.5. The van der Waals surface area contributed by atoms with Crippen molar-refractivity contribution < 1.29 is 14.3 Å². The lowest BCUT2D eigenvalue weighted by molar-refractivity contribution is 0.240. The predicted octanol–water partition coefficient (Wildman–Crippen LogP) is 3.18. The molecule has 6 nitrogen and oxygen atoms in total. The number of benzene rings is 2. The van der Waals surface area contributed by atoms with Gasteiger partial charge in [0.2, 0.25) is 0 Å². The molecular formula is C19H21N3O3. The van der Waals surface area contributed by atoms with Crippen LogP contribution in [0.4, 0.5) is 4.79 Å². The Balaban J connectivity index is 1.54. The number of amides is 2. The Labute approximate surface area is 146 Å². The second kappa shape index (κ2) is 7.61. The number of hydrogen-bond donors (Lipinski definition) is 3. The van der Waals surface area contributed by atoms with Crippen LogP contribution in [0.25, 0.3) is 10.9 Å². The van der Waals surface area contributed by atoms with E-state index in [1.807, 2.05) is 42.5 Å². The van der Waals surface area contributed by atoms with Gasteiger partial charge in [-0.25, -0.2) is 4.79 Å². The molecule has 2 amide bonds. The van der Waals surface area contributed by atoms with Crippen molar-refractivity contribution in [1.29, 1.82) is 0 Å². The Morgan fingerprint density at radius 3 is 2.56 bits per heavy atom. The van der Waals surface area contributed by atoms with Gasteiger partial charge in [-0.2, -0.15) is 0 Å². The summed E-state index contributed by atoms with van der Waals surface area (Å²) < 4.78 is 10.5. The summed E-state index contributed by atoms with van der Waals surface area (Å²) in [7, 11) is 3.19. The number of ether oxygens (including phenoxy) is 2. The molecule has 0 bridgehead atoms. The average Bonchev–Trinajstić information content (AvgIpc) is 3.07. The topological polar surface area (TPSA) is 75.4 Å². The van der Waals surface area contributed by atoms with E-state index < -0.39 is 0 Å². The quantitative estimate of drug-likeness (QED) is 0.646. The van der Waals surface area contributed by atoms with Gasteiger partial charge in [-0.1, -0.05) is 18.2 Å². The van der Waals surface area contributed by atoms with Gasteiger partial charge < -0.3 is 25.1 Å². The van der Waals surface area contributed by atoms with E-state index in [0.29, 0.717) is 24.6 Å². The van der Waals surface area contributed by atoms with E-state index in [-0.39, 0.29) is 6.03 Å². The van der Waals surface area contributed by atoms with Crippen molar-refractivity contribution in [3.8, 4) is 11.5 Å². The summed E-state index contributed by atoms with van der Waals surface area (Å²) in [5, 5.41) is 6.80. The van der Waals surface area contributed by atoms with Gasteiger partial charge in [0.1, 0.15) is 11.5 Å². The van der Waals surface area contributed by atoms with E-state index in [9.17, 15) is 4.79 Å². The van der Waals surface area contributed by atoms with Gasteiger partial charge in [-0.3, -0.25) is 0 Å². The third kappa shape index (κ3) is 4.03. The monoisotopic (exact) mass is 339 g/mol. The molecule has 1 heterocycles. The molecule has 3 rings (SSSR count). The smallest absolute Gasteiger partial charge is 0.315 e. The van der Waals surface area contributed by atoms with E-state index >= 15 is 0 Å². The number of rotatable bonds is 6. The summed E-state index contributed by atoms with van der Waals surface area (Å²) in [4.78, 5) is 15.3. The molecule has 0 saturated heterocycles. The lowest BCUT2D eigenvalue weighted by Gasteiger charge is -2.11. The number of H-pyrrole nitrogens is 1. The molecule has 130 valence electrons. The number of methoxy groups -OCH3 is 2. The van der Waals surface area contributed by atoms with E-state index in [0.717, 1.165) is 22.2 Å². The third-order valence-corrected chi connectivity index (χ3v) is 3.96. The number of aromatic amines is 1. The third-order valence-electron chi connectivity index (χ3n) is 3.96. The number of hydrogen-bond acceptors (Lipinski definition) is 3. The number of carbonyl (C=O) groups excluding carboxylic acids is 1. The van der Waals surface area contributed by atoms with Crippen molar-refractivity contribution >= 4 is 16.9 Å². The molecule has 3 N–H and O–H groups in total. The molecule has 0 atom stereocenters. The van der Waals surface area contributed by atoms with Gasteiger partial charge in [0.25, 0.3) is 0 Å². The van der Waals surface area contributed by atoms with Crippen LogP contribution >= 0.6 is 0 Å². The van der Waals surface area contributed by atoms with Crippen molar-refractivity contribution in [2.24, 2.45) is 0 Å². The first-order valence-corrected chi connectivity index (χ1v) is 7.99. The predicted molar refractivity (Wildman–Crippen MR) is 96.9 cm³/mol. The summed E-state index contributed by atoms with van der Waals surface area (Å²) in [5.74, 6) is 1.39. The number of para-hydroxylation sites is 1. The molecule has 2 aromatic carbocycles. The largest absolute Gasteiger partial charge is 0.497 e. The zero-order chi connectivity index (χ0) is 17.6. The molecule has 25 heavy (non-hydrogen) atoms. The van der Waals surface area contributed by atoms with Crippen LogP contribution in [-0.4, -0.2) is 25.2 Å². The summed E-state index contributed by atoms with van der Waals surface area (Å²) in [6.07, 6.45) is 0. The van der Waals surface area contributed by atoms with Gasteiger partial charge in [-0.05, 0) is 29.7 Å². The standard InChI is InChI=1S/C19H21N3O3/c1-24-16-8-7-14(18(10-16)25-2)11-20-19(23)21-12-15-9-13-5-3-4-6-17(13)22-15/h3-10,22H,11-12H2,1-2H3,(H2,20,21,23). The van der Waals surface area contributed by atoms with Gasteiger partial charge in [0.05, 0.1) is 20.8 Å². The molecule has 0 aliphatic carbocycles. The lowest BCUT2D eigenvalue weighted by atomic mass is 10.2. The summed E-state index contributed by atoms with van der Waals surface area (Å²) in [5.41, 5.74) is 2.89. The van der Waals surface area contributed by atoms with E-state index in [4.69, 9.17) is 9.47 Å². The molecule has 3 aromatic rings. The number of fused-ring (bicyclic) bond motifs is 1. The lowest BCUT2D eigenvalue weighted by Crippen LogP contribution is -2.34. The number of urea groups is 1. The highest BCUT2D eigenvalue weighted by Gasteiger charge is 2.07. The van der Waals surface area contributed by atoms with Gasteiger partial charge in [-0.15, -0.1) is 0 Å². The highest BCUT2D eigenvalue weighted by atomic mass is 16.5. The maximum atomic E-state index is 12.0. The Hall–Kier alpha value is -3.15. The van der Waals surface area contributed by atoms with Crippen molar-refractivity contribution in [2.75, 3.05) is 14.2 Å². The summed E-state index contributed by atoms with van der Waals surface area (Å²) in [6.45, 7) is 0.798. The minimum absolute atomic E-state index is 0.239. The number of aromatic nitrogens is 1. The van der Waals surface area contributed by atoms with Crippen LogP contribution in [0.5, 0.6) is 11.5 Å². The summed E-state index contributed by atoms with van der Waals surface area (Å²) in [6, 6.07) is 15.3. The average molecular weight is 339 g/mol. The first kappa shape index (κ1) is 16.7. The van der Waals surface area contributed by atoms with Crippen molar-refractivity contribution in [1.82, 2.24) is 15.6 Å². The maximum Gasteiger partial charge on any atom is 0.315 e. The van der Waals surface area contributed by atoms with E-state index in [1.54, 1.807) is 20.3 Å². The van der Waals surface area contributed by atoms with Gasteiger partial charge in [0, 0.05) is 29.4 Å². The molecule has 0 saturated carbocycles. The fraction of sp³-hybridized carbons (Fsp3) is 0.211. The van der Waals surface area contributed by atoms with Crippen molar-refractivity contribution in [3.63, 3.8) is 0 Å². The van der Waals surface area contributed by atoms with Crippen LogP contribution in [0, 0.1) is 0 Å². The first-order valence-electron chi connectivity index (χ1n) is 7.99. The zero-order valence-electron chi connectivity index (χ0n) is 14.3. The molecule has 1 aromatic heterocycles. The molecule has 0 aliphatic heterocycles. The SMILES string of the molecule is COc1ccc(CNC(=O)NCc2cc3ccccc3[nH]2)c(OC)c1. The van der Waals surface area contributed by atoms with Crippen LogP contribution in [0.15, 0.2) is 48.5 Å². The second-order valence-electron chi connectivity index (χ2n) is 5.60. The van der Waals surface area contributed by atoms with Crippen LogP contribution in [-0.2, 0) is 13.1 Å². The highest BCUT2D eigenvalue weighted by molar-refractivity contribution is 5.80. The molecule has 0 spiro atoms. The first-order chi connectivity index (χ1) is 12.2. The van der Waals surface area contributed by atoms with E-state index in [1.165, 1.54) is 0 Å².